The monoisotopic (exact) mass is 453 g/mol. The number of rotatable bonds is 4. The van der Waals surface area contributed by atoms with Crippen LogP contribution in [-0.2, 0) is 24.0 Å². The molecule has 0 aromatic carbocycles. The summed E-state index contributed by atoms with van der Waals surface area (Å²) in [6.07, 6.45) is 11.7. The maximum absolute atomic E-state index is 11.1. The zero-order valence-electron chi connectivity index (χ0n) is 12.6. The van der Waals surface area contributed by atoms with Crippen molar-refractivity contribution in [2.45, 2.75) is 50.1 Å². The Morgan fingerprint density at radius 2 is 2.04 bits per heavy atom. The Labute approximate surface area is 150 Å². The molecule has 8 heteroatoms. The molecular weight excluding hydrogens is 433 g/mol. The van der Waals surface area contributed by atoms with E-state index in [1.165, 1.54) is 0 Å². The Bertz CT molecular complexity index is 649. The summed E-state index contributed by atoms with van der Waals surface area (Å²) in [5, 5.41) is 4.95. The predicted molar refractivity (Wildman–Crippen MR) is 93.9 cm³/mol. The van der Waals surface area contributed by atoms with E-state index in [4.69, 9.17) is 18.8 Å². The van der Waals surface area contributed by atoms with Crippen LogP contribution in [-0.4, -0.2) is 33.0 Å². The van der Waals surface area contributed by atoms with Gasteiger partial charge in [0.25, 0.3) is 0 Å². The van der Waals surface area contributed by atoms with Gasteiger partial charge >= 0.3 is 10.3 Å². The first-order valence-corrected chi connectivity index (χ1v) is 10.2. The van der Waals surface area contributed by atoms with Crippen LogP contribution >= 0.6 is 22.6 Å². The summed E-state index contributed by atoms with van der Waals surface area (Å²) in [4.78, 5) is 0. The van der Waals surface area contributed by atoms with E-state index in [-0.39, 0.29) is 12.7 Å². The Kier molecular flexibility index (Phi) is 5.29. The second-order valence-electron chi connectivity index (χ2n) is 5.95. The molecule has 3 aliphatic rings. The van der Waals surface area contributed by atoms with Gasteiger partial charge < -0.3 is 9.47 Å². The zero-order chi connectivity index (χ0) is 16.5. The molecule has 1 spiro atoms. The third kappa shape index (κ3) is 4.23. The topological polar surface area (TPSA) is 87.9 Å². The van der Waals surface area contributed by atoms with Gasteiger partial charge in [-0.1, -0.05) is 18.2 Å². The van der Waals surface area contributed by atoms with E-state index in [0.29, 0.717) is 0 Å². The molecule has 0 bridgehead atoms. The number of hydrogen-bond donors (Lipinski definition) is 1. The van der Waals surface area contributed by atoms with Gasteiger partial charge in [-0.2, -0.15) is 8.42 Å². The molecule has 1 heterocycles. The largest absolute Gasteiger partial charge is 0.341 e. The molecule has 23 heavy (non-hydrogen) atoms. The molecule has 0 unspecified atom stereocenters. The van der Waals surface area contributed by atoms with Crippen LogP contribution in [0, 0.1) is 0 Å². The van der Waals surface area contributed by atoms with E-state index in [9.17, 15) is 8.42 Å². The zero-order valence-corrected chi connectivity index (χ0v) is 15.6. The van der Waals surface area contributed by atoms with Gasteiger partial charge in [-0.25, -0.2) is 5.14 Å². The van der Waals surface area contributed by atoms with Gasteiger partial charge in [0.15, 0.2) is 5.79 Å². The number of halogens is 1. The average molecular weight is 453 g/mol. The minimum Gasteiger partial charge on any atom is -0.341 e. The smallest absolute Gasteiger partial charge is 0.333 e. The summed E-state index contributed by atoms with van der Waals surface area (Å²) in [6.45, 7) is -0.133. The van der Waals surface area contributed by atoms with Crippen molar-refractivity contribution in [3.8, 4) is 0 Å². The lowest BCUT2D eigenvalue weighted by Gasteiger charge is -2.22. The summed E-state index contributed by atoms with van der Waals surface area (Å²) < 4.78 is 40.5. The molecule has 1 saturated heterocycles. The van der Waals surface area contributed by atoms with Gasteiger partial charge in [0.2, 0.25) is 0 Å². The maximum Gasteiger partial charge on any atom is 0.333 e. The molecule has 2 fully saturated rings. The summed E-state index contributed by atoms with van der Waals surface area (Å²) in [7, 11) is -4.00. The van der Waals surface area contributed by atoms with Gasteiger partial charge in [-0.15, -0.1) is 0 Å². The SMILES string of the molecule is NS(=O)(=O)OC[C@@H]1OC2(CCCC2)O[C@H]1C1=C(I)C=CC=CC1. The molecule has 6 nitrogen and oxygen atoms in total. The molecule has 0 aromatic rings. The summed E-state index contributed by atoms with van der Waals surface area (Å²) in [6, 6.07) is 0. The molecule has 1 aliphatic heterocycles. The summed E-state index contributed by atoms with van der Waals surface area (Å²) >= 11 is 2.27. The van der Waals surface area contributed by atoms with E-state index >= 15 is 0 Å². The normalized spacial score (nSPS) is 30.3. The van der Waals surface area contributed by atoms with Crippen LogP contribution in [0.4, 0.5) is 0 Å². The maximum atomic E-state index is 11.1. The van der Waals surface area contributed by atoms with Crippen molar-refractivity contribution in [2.24, 2.45) is 5.14 Å². The van der Waals surface area contributed by atoms with Crippen molar-refractivity contribution in [1.82, 2.24) is 0 Å². The Morgan fingerprint density at radius 1 is 1.30 bits per heavy atom. The van der Waals surface area contributed by atoms with Gasteiger partial charge in [0.05, 0.1) is 6.61 Å². The number of nitrogens with two attached hydrogens (primary N) is 1. The van der Waals surface area contributed by atoms with Crippen molar-refractivity contribution < 1.29 is 22.1 Å². The van der Waals surface area contributed by atoms with Crippen LogP contribution in [0.25, 0.3) is 0 Å². The highest BCUT2D eigenvalue weighted by Gasteiger charge is 2.50. The van der Waals surface area contributed by atoms with E-state index in [2.05, 4.69) is 28.7 Å². The molecule has 0 amide bonds. The lowest BCUT2D eigenvalue weighted by molar-refractivity contribution is -0.168. The number of ether oxygens (including phenoxy) is 2. The van der Waals surface area contributed by atoms with Crippen molar-refractivity contribution >= 4 is 32.9 Å². The molecule has 2 aliphatic carbocycles. The van der Waals surface area contributed by atoms with Crippen molar-refractivity contribution in [3.63, 3.8) is 0 Å². The standard InChI is InChI=1S/C15H20INO5S/c16-12-7-3-1-2-6-11(12)14-13(10-20-23(17,18)19)21-15(22-14)8-4-5-9-15/h1-3,7,13-14H,4-6,8-10H2,(H2,17,18,19)/t13-,14-/m0/s1. The molecule has 3 rings (SSSR count). The fraction of sp³-hybridized carbons (Fsp3) is 0.600. The van der Waals surface area contributed by atoms with Crippen LogP contribution in [0.2, 0.25) is 0 Å². The lowest BCUT2D eigenvalue weighted by atomic mass is 10.0. The molecule has 0 radical (unpaired) electrons. The second-order valence-corrected chi connectivity index (χ2v) is 8.34. The third-order valence-corrected chi connectivity index (χ3v) is 5.80. The van der Waals surface area contributed by atoms with Gasteiger partial charge in [-0.3, -0.25) is 4.18 Å². The first kappa shape index (κ1) is 17.6. The average Bonchev–Trinajstić information content (AvgIpc) is 3.01. The van der Waals surface area contributed by atoms with Gasteiger partial charge in [-0.05, 0) is 53.5 Å². The highest BCUT2D eigenvalue weighted by Crippen LogP contribution is 2.45. The minimum atomic E-state index is -4.00. The van der Waals surface area contributed by atoms with E-state index < -0.39 is 22.2 Å². The fourth-order valence-electron chi connectivity index (χ4n) is 3.27. The molecule has 0 aromatic heterocycles. The van der Waals surface area contributed by atoms with Crippen LogP contribution < -0.4 is 5.14 Å². The van der Waals surface area contributed by atoms with E-state index in [0.717, 1.165) is 41.3 Å². The summed E-state index contributed by atoms with van der Waals surface area (Å²) in [5.41, 5.74) is 1.09. The predicted octanol–water partition coefficient (Wildman–Crippen LogP) is 2.47. The Balaban J connectivity index is 1.84. The first-order valence-electron chi connectivity index (χ1n) is 7.63. The highest BCUT2D eigenvalue weighted by molar-refractivity contribution is 14.1. The Hall–Kier alpha value is -0.260. The fourth-order valence-corrected chi connectivity index (χ4v) is 4.33. The van der Waals surface area contributed by atoms with Gasteiger partial charge in [0.1, 0.15) is 12.2 Å². The molecule has 1 saturated carbocycles. The van der Waals surface area contributed by atoms with Crippen molar-refractivity contribution in [3.05, 3.63) is 33.5 Å². The van der Waals surface area contributed by atoms with Crippen LogP contribution in [0.5, 0.6) is 0 Å². The highest BCUT2D eigenvalue weighted by atomic mass is 127. The van der Waals surface area contributed by atoms with Gasteiger partial charge in [0, 0.05) is 16.4 Å². The quantitative estimate of drug-likeness (QED) is 0.661. The van der Waals surface area contributed by atoms with Crippen molar-refractivity contribution in [2.75, 3.05) is 6.61 Å². The molecule has 128 valence electrons. The third-order valence-electron chi connectivity index (χ3n) is 4.29. The summed E-state index contributed by atoms with van der Waals surface area (Å²) in [5.74, 6) is -0.610. The molecule has 2 N–H and O–H groups in total. The first-order chi connectivity index (χ1) is 10.9. The van der Waals surface area contributed by atoms with Crippen LogP contribution in [0.3, 0.4) is 0 Å². The number of hydrogen-bond acceptors (Lipinski definition) is 5. The van der Waals surface area contributed by atoms with E-state index in [1.54, 1.807) is 0 Å². The van der Waals surface area contributed by atoms with Crippen LogP contribution in [0.1, 0.15) is 32.1 Å². The van der Waals surface area contributed by atoms with E-state index in [1.807, 2.05) is 18.2 Å². The minimum absolute atomic E-state index is 0.133. The Morgan fingerprint density at radius 3 is 2.74 bits per heavy atom. The lowest BCUT2D eigenvalue weighted by Crippen LogP contribution is -2.32. The molecule has 2 atom stereocenters. The van der Waals surface area contributed by atoms with Crippen molar-refractivity contribution in [1.29, 1.82) is 0 Å². The number of allylic oxidation sites excluding steroid dienone is 5. The molecular formula is C15H20INO5S. The van der Waals surface area contributed by atoms with Crippen LogP contribution in [0.15, 0.2) is 33.5 Å². The second kappa shape index (κ2) is 6.93.